The van der Waals surface area contributed by atoms with E-state index in [1.54, 1.807) is 23.9 Å². The van der Waals surface area contributed by atoms with Gasteiger partial charge in [-0.05, 0) is 57.1 Å². The van der Waals surface area contributed by atoms with E-state index in [0.717, 1.165) is 16.9 Å². The Balaban J connectivity index is 2.06. The minimum atomic E-state index is -0.576. The van der Waals surface area contributed by atoms with Crippen LogP contribution in [0.4, 0.5) is 4.39 Å². The maximum Gasteiger partial charge on any atom is 0.137 e. The van der Waals surface area contributed by atoms with Crippen molar-refractivity contribution in [3.63, 3.8) is 0 Å². The van der Waals surface area contributed by atoms with Gasteiger partial charge in [-0.25, -0.2) is 4.39 Å². The molecule has 0 aromatic heterocycles. The normalized spacial score (nSPS) is 12.4. The second kappa shape index (κ2) is 7.25. The molecule has 0 aliphatic carbocycles. The van der Waals surface area contributed by atoms with Crippen molar-refractivity contribution in [2.45, 2.75) is 24.3 Å². The molecule has 0 spiro atoms. The fraction of sp³-hybridized carbons (Fsp3) is 0.250. The lowest BCUT2D eigenvalue weighted by molar-refractivity contribution is 0.178. The van der Waals surface area contributed by atoms with E-state index in [0.29, 0.717) is 10.9 Å². The summed E-state index contributed by atoms with van der Waals surface area (Å²) >= 11 is 4.93. The first-order valence-corrected chi connectivity index (χ1v) is 8.22. The van der Waals surface area contributed by atoms with Crippen molar-refractivity contribution in [1.29, 1.82) is 0 Å². The van der Waals surface area contributed by atoms with Crippen LogP contribution in [0, 0.1) is 5.82 Å². The second-order valence-corrected chi connectivity index (χ2v) is 6.66. The van der Waals surface area contributed by atoms with Gasteiger partial charge in [0.25, 0.3) is 0 Å². The Morgan fingerprint density at radius 3 is 2.50 bits per heavy atom. The van der Waals surface area contributed by atoms with E-state index in [2.05, 4.69) is 22.9 Å². The number of aliphatic hydroxyl groups excluding tert-OH is 1. The molecule has 2 aromatic carbocycles. The first-order valence-electron chi connectivity index (χ1n) is 6.45. The average molecular weight is 355 g/mol. The molecule has 1 nitrogen and oxygen atoms in total. The SMILES string of the molecule is CCSc1ccc(C(O)Cc2ccc(F)c(Br)c2)cc1. The van der Waals surface area contributed by atoms with Gasteiger partial charge >= 0.3 is 0 Å². The van der Waals surface area contributed by atoms with E-state index in [1.165, 1.54) is 11.0 Å². The molecule has 0 bridgehead atoms. The van der Waals surface area contributed by atoms with Crippen LogP contribution in [0.25, 0.3) is 0 Å². The predicted molar refractivity (Wildman–Crippen MR) is 85.6 cm³/mol. The van der Waals surface area contributed by atoms with Crippen molar-refractivity contribution >= 4 is 27.7 Å². The van der Waals surface area contributed by atoms with Gasteiger partial charge < -0.3 is 5.11 Å². The van der Waals surface area contributed by atoms with Gasteiger partial charge in [0, 0.05) is 11.3 Å². The number of hydrogen-bond donors (Lipinski definition) is 1. The van der Waals surface area contributed by atoms with Crippen molar-refractivity contribution in [1.82, 2.24) is 0 Å². The minimum absolute atomic E-state index is 0.288. The van der Waals surface area contributed by atoms with Gasteiger partial charge in [0.2, 0.25) is 0 Å². The molecule has 0 saturated carbocycles. The summed E-state index contributed by atoms with van der Waals surface area (Å²) in [4.78, 5) is 1.20. The summed E-state index contributed by atoms with van der Waals surface area (Å²) < 4.78 is 13.6. The molecular weight excluding hydrogens is 339 g/mol. The van der Waals surface area contributed by atoms with Crippen LogP contribution in [0.15, 0.2) is 51.8 Å². The van der Waals surface area contributed by atoms with Crippen LogP contribution in [-0.2, 0) is 6.42 Å². The lowest BCUT2D eigenvalue weighted by atomic mass is 10.0. The first kappa shape index (κ1) is 15.5. The second-order valence-electron chi connectivity index (χ2n) is 4.47. The molecule has 0 radical (unpaired) electrons. The standard InChI is InChI=1S/C16H16BrFOS/c1-2-20-13-6-4-12(5-7-13)16(19)10-11-3-8-15(18)14(17)9-11/h3-9,16,19H,2,10H2,1H3. The van der Waals surface area contributed by atoms with Crippen LogP contribution in [0.5, 0.6) is 0 Å². The molecule has 1 unspecified atom stereocenters. The van der Waals surface area contributed by atoms with Crippen molar-refractivity contribution in [3.8, 4) is 0 Å². The summed E-state index contributed by atoms with van der Waals surface area (Å²) in [7, 11) is 0. The van der Waals surface area contributed by atoms with Crippen molar-refractivity contribution in [2.75, 3.05) is 5.75 Å². The molecule has 0 amide bonds. The Morgan fingerprint density at radius 2 is 1.90 bits per heavy atom. The molecule has 0 aliphatic rings. The molecule has 2 rings (SSSR count). The van der Waals surface area contributed by atoms with Crippen LogP contribution in [-0.4, -0.2) is 10.9 Å². The fourth-order valence-electron chi connectivity index (χ4n) is 1.96. The Kier molecular flexibility index (Phi) is 5.64. The van der Waals surface area contributed by atoms with E-state index in [9.17, 15) is 9.50 Å². The van der Waals surface area contributed by atoms with Crippen LogP contribution in [0.1, 0.15) is 24.2 Å². The number of benzene rings is 2. The van der Waals surface area contributed by atoms with Crippen molar-refractivity contribution in [2.24, 2.45) is 0 Å². The predicted octanol–water partition coefficient (Wildman–Crippen LogP) is 4.98. The third-order valence-electron chi connectivity index (χ3n) is 2.99. The van der Waals surface area contributed by atoms with Gasteiger partial charge in [-0.3, -0.25) is 0 Å². The van der Waals surface area contributed by atoms with E-state index in [4.69, 9.17) is 0 Å². The topological polar surface area (TPSA) is 20.2 Å². The molecule has 0 fully saturated rings. The highest BCUT2D eigenvalue weighted by Crippen LogP contribution is 2.24. The average Bonchev–Trinajstić information content (AvgIpc) is 2.44. The van der Waals surface area contributed by atoms with Gasteiger partial charge in [-0.2, -0.15) is 0 Å². The lowest BCUT2D eigenvalue weighted by Gasteiger charge is -2.12. The molecule has 0 heterocycles. The van der Waals surface area contributed by atoms with Crippen molar-refractivity contribution in [3.05, 3.63) is 63.9 Å². The molecule has 1 N–H and O–H groups in total. The Bertz CT molecular complexity index is 571. The summed E-state index contributed by atoms with van der Waals surface area (Å²) in [5.41, 5.74) is 1.78. The summed E-state index contributed by atoms with van der Waals surface area (Å²) in [6, 6.07) is 12.8. The number of hydrogen-bond acceptors (Lipinski definition) is 2. The highest BCUT2D eigenvalue weighted by atomic mass is 79.9. The van der Waals surface area contributed by atoms with E-state index in [-0.39, 0.29) is 5.82 Å². The zero-order valence-electron chi connectivity index (χ0n) is 11.1. The molecular formula is C16H16BrFOS. The van der Waals surface area contributed by atoms with Crippen LogP contribution in [0.2, 0.25) is 0 Å². The Morgan fingerprint density at radius 1 is 1.20 bits per heavy atom. The smallest absolute Gasteiger partial charge is 0.137 e. The van der Waals surface area contributed by atoms with E-state index in [1.807, 2.05) is 24.3 Å². The third kappa shape index (κ3) is 4.08. The molecule has 1 atom stereocenters. The largest absolute Gasteiger partial charge is 0.388 e. The highest BCUT2D eigenvalue weighted by Gasteiger charge is 2.10. The summed E-state index contributed by atoms with van der Waals surface area (Å²) in [5, 5.41) is 10.2. The number of aliphatic hydroxyl groups is 1. The maximum atomic E-state index is 13.2. The molecule has 106 valence electrons. The minimum Gasteiger partial charge on any atom is -0.388 e. The van der Waals surface area contributed by atoms with E-state index < -0.39 is 6.10 Å². The van der Waals surface area contributed by atoms with Crippen LogP contribution >= 0.6 is 27.7 Å². The lowest BCUT2D eigenvalue weighted by Crippen LogP contribution is -2.02. The highest BCUT2D eigenvalue weighted by molar-refractivity contribution is 9.10. The summed E-state index contributed by atoms with van der Waals surface area (Å²) in [6.45, 7) is 2.11. The molecule has 2 aromatic rings. The zero-order chi connectivity index (χ0) is 14.5. The number of rotatable bonds is 5. The van der Waals surface area contributed by atoms with Gasteiger partial charge in [0.15, 0.2) is 0 Å². The summed E-state index contributed by atoms with van der Waals surface area (Å²) in [6.07, 6.45) is -0.105. The first-order chi connectivity index (χ1) is 9.60. The van der Waals surface area contributed by atoms with Gasteiger partial charge in [0.1, 0.15) is 5.82 Å². The van der Waals surface area contributed by atoms with Gasteiger partial charge in [-0.15, -0.1) is 11.8 Å². The van der Waals surface area contributed by atoms with E-state index >= 15 is 0 Å². The molecule has 0 aliphatic heterocycles. The monoisotopic (exact) mass is 354 g/mol. The molecule has 20 heavy (non-hydrogen) atoms. The quantitative estimate of drug-likeness (QED) is 0.764. The van der Waals surface area contributed by atoms with Crippen LogP contribution < -0.4 is 0 Å². The third-order valence-corrected chi connectivity index (χ3v) is 4.49. The van der Waals surface area contributed by atoms with Crippen molar-refractivity contribution < 1.29 is 9.50 Å². The Hall–Kier alpha value is -0.840. The number of thioether (sulfide) groups is 1. The molecule has 0 saturated heterocycles. The fourth-order valence-corrected chi connectivity index (χ4v) is 3.05. The summed E-state index contributed by atoms with van der Waals surface area (Å²) in [5.74, 6) is 0.745. The van der Waals surface area contributed by atoms with Crippen LogP contribution in [0.3, 0.4) is 0 Å². The molecule has 4 heteroatoms. The van der Waals surface area contributed by atoms with Gasteiger partial charge in [-0.1, -0.05) is 25.1 Å². The Labute approximate surface area is 131 Å². The maximum absolute atomic E-state index is 13.2. The number of halogens is 2. The van der Waals surface area contributed by atoms with Gasteiger partial charge in [0.05, 0.1) is 10.6 Å². The zero-order valence-corrected chi connectivity index (χ0v) is 13.5.